The fraction of sp³-hybridized carbons (Fsp3) is 0.667. The Kier molecular flexibility index (Phi) is 6.42. The number of ether oxygens (including phenoxy) is 1. The maximum atomic E-state index is 12.9. The van der Waals surface area contributed by atoms with Gasteiger partial charge in [-0.2, -0.15) is 0 Å². The summed E-state index contributed by atoms with van der Waals surface area (Å²) in [5.74, 6) is 0. The van der Waals surface area contributed by atoms with Crippen LogP contribution in [0.5, 0.6) is 0 Å². The molecule has 136 valence electrons. The van der Waals surface area contributed by atoms with E-state index in [0.717, 1.165) is 48.2 Å². The van der Waals surface area contributed by atoms with Crippen molar-refractivity contribution in [1.82, 2.24) is 9.62 Å². The molecule has 1 saturated heterocycles. The molecule has 1 N–H and O–H groups in total. The lowest BCUT2D eigenvalue weighted by molar-refractivity contribution is 0.141. The van der Waals surface area contributed by atoms with Gasteiger partial charge in [-0.15, -0.1) is 0 Å². The van der Waals surface area contributed by atoms with Crippen molar-refractivity contribution in [2.75, 3.05) is 33.4 Å². The van der Waals surface area contributed by atoms with Gasteiger partial charge in [0.2, 0.25) is 10.0 Å². The van der Waals surface area contributed by atoms with Crippen LogP contribution in [0.1, 0.15) is 35.1 Å². The van der Waals surface area contributed by atoms with Gasteiger partial charge in [-0.1, -0.05) is 6.07 Å². The SMILES string of the molecule is COCCN1CCCC1CNS(=O)(=O)c1c(C)c(C)cc(C)c1C. The summed E-state index contributed by atoms with van der Waals surface area (Å²) in [6, 6.07) is 2.30. The zero-order valence-corrected chi connectivity index (χ0v) is 16.3. The number of hydrogen-bond donors (Lipinski definition) is 1. The molecule has 5 nitrogen and oxygen atoms in total. The number of hydrogen-bond acceptors (Lipinski definition) is 4. The van der Waals surface area contributed by atoms with Crippen LogP contribution < -0.4 is 4.72 Å². The Bertz CT molecular complexity index is 660. The van der Waals surface area contributed by atoms with E-state index in [1.165, 1.54) is 0 Å². The third-order valence-electron chi connectivity index (χ3n) is 5.16. The highest BCUT2D eigenvalue weighted by Crippen LogP contribution is 2.26. The van der Waals surface area contributed by atoms with E-state index in [4.69, 9.17) is 4.74 Å². The van der Waals surface area contributed by atoms with Gasteiger partial charge < -0.3 is 4.74 Å². The molecule has 0 bridgehead atoms. The zero-order valence-electron chi connectivity index (χ0n) is 15.5. The first-order valence-electron chi connectivity index (χ1n) is 8.58. The first-order chi connectivity index (χ1) is 11.3. The van der Waals surface area contributed by atoms with E-state index < -0.39 is 10.0 Å². The molecule has 0 spiro atoms. The van der Waals surface area contributed by atoms with Gasteiger partial charge in [-0.25, -0.2) is 13.1 Å². The van der Waals surface area contributed by atoms with Crippen LogP contribution in [0.25, 0.3) is 0 Å². The lowest BCUT2D eigenvalue weighted by Crippen LogP contribution is -2.41. The Balaban J connectivity index is 2.15. The van der Waals surface area contributed by atoms with Gasteiger partial charge >= 0.3 is 0 Å². The summed E-state index contributed by atoms with van der Waals surface area (Å²) in [7, 11) is -1.81. The standard InChI is InChI=1S/C18H30N2O3S/c1-13-11-14(2)16(4)18(15(13)3)24(21,22)19-12-17-7-6-8-20(17)9-10-23-5/h11,17,19H,6-10,12H2,1-5H3. The summed E-state index contributed by atoms with van der Waals surface area (Å²) in [6.07, 6.45) is 2.13. The van der Waals surface area contributed by atoms with Gasteiger partial charge in [0.05, 0.1) is 11.5 Å². The van der Waals surface area contributed by atoms with Gasteiger partial charge in [0.1, 0.15) is 0 Å². The molecule has 1 aromatic rings. The summed E-state index contributed by atoms with van der Waals surface area (Å²) < 4.78 is 33.8. The molecule has 1 aliphatic rings. The van der Waals surface area contributed by atoms with Crippen LogP contribution in [-0.2, 0) is 14.8 Å². The van der Waals surface area contributed by atoms with Crippen LogP contribution in [0.4, 0.5) is 0 Å². The molecule has 24 heavy (non-hydrogen) atoms. The largest absolute Gasteiger partial charge is 0.383 e. The van der Waals surface area contributed by atoms with E-state index >= 15 is 0 Å². The van der Waals surface area contributed by atoms with E-state index in [0.29, 0.717) is 18.0 Å². The fourth-order valence-electron chi connectivity index (χ4n) is 3.49. The number of sulfonamides is 1. The van der Waals surface area contributed by atoms with Crippen molar-refractivity contribution in [3.05, 3.63) is 28.3 Å². The number of aryl methyl sites for hydroxylation is 2. The fourth-order valence-corrected chi connectivity index (χ4v) is 5.18. The van der Waals surface area contributed by atoms with Gasteiger partial charge in [0.25, 0.3) is 0 Å². The zero-order chi connectivity index (χ0) is 17.9. The molecule has 1 fully saturated rings. The third-order valence-corrected chi connectivity index (χ3v) is 6.85. The maximum Gasteiger partial charge on any atom is 0.241 e. The summed E-state index contributed by atoms with van der Waals surface area (Å²) >= 11 is 0. The van der Waals surface area contributed by atoms with Crippen LogP contribution in [0, 0.1) is 27.7 Å². The minimum Gasteiger partial charge on any atom is -0.383 e. The van der Waals surface area contributed by atoms with Crippen LogP contribution in [0.2, 0.25) is 0 Å². The van der Waals surface area contributed by atoms with Crippen LogP contribution >= 0.6 is 0 Å². The molecule has 0 radical (unpaired) electrons. The van der Waals surface area contributed by atoms with Gasteiger partial charge in [-0.3, -0.25) is 4.90 Å². The molecule has 0 saturated carbocycles. The van der Waals surface area contributed by atoms with E-state index in [-0.39, 0.29) is 6.04 Å². The normalized spacial score (nSPS) is 19.1. The van der Waals surface area contributed by atoms with E-state index in [1.54, 1.807) is 7.11 Å². The smallest absolute Gasteiger partial charge is 0.241 e. The number of nitrogens with zero attached hydrogens (tertiary/aromatic N) is 1. The minimum atomic E-state index is -3.51. The van der Waals surface area contributed by atoms with Crippen LogP contribution in [-0.4, -0.2) is 52.7 Å². The van der Waals surface area contributed by atoms with Crippen molar-refractivity contribution in [2.45, 2.75) is 51.5 Å². The van der Waals surface area contributed by atoms with Gasteiger partial charge in [0.15, 0.2) is 0 Å². The molecular formula is C18H30N2O3S. The number of benzene rings is 1. The van der Waals surface area contributed by atoms with Crippen molar-refractivity contribution in [2.24, 2.45) is 0 Å². The van der Waals surface area contributed by atoms with Gasteiger partial charge in [-0.05, 0) is 69.3 Å². The minimum absolute atomic E-state index is 0.251. The van der Waals surface area contributed by atoms with E-state index in [9.17, 15) is 8.42 Å². The third kappa shape index (κ3) is 4.17. The topological polar surface area (TPSA) is 58.6 Å². The molecule has 1 aromatic carbocycles. The Labute approximate surface area is 146 Å². The summed E-state index contributed by atoms with van der Waals surface area (Å²) in [4.78, 5) is 2.76. The quantitative estimate of drug-likeness (QED) is 0.816. The number of rotatable bonds is 7. The second kappa shape index (κ2) is 7.95. The monoisotopic (exact) mass is 354 g/mol. The lowest BCUT2D eigenvalue weighted by Gasteiger charge is -2.25. The first kappa shape index (κ1) is 19.4. The molecule has 6 heteroatoms. The van der Waals surface area contributed by atoms with E-state index in [1.807, 2.05) is 33.8 Å². The van der Waals surface area contributed by atoms with Crippen LogP contribution in [0.3, 0.4) is 0 Å². The highest BCUT2D eigenvalue weighted by atomic mass is 32.2. The summed E-state index contributed by atoms with van der Waals surface area (Å²) in [6.45, 7) is 10.7. The highest BCUT2D eigenvalue weighted by molar-refractivity contribution is 7.89. The Morgan fingerprint density at radius 2 is 1.83 bits per heavy atom. The van der Waals surface area contributed by atoms with Crippen molar-refractivity contribution in [3.8, 4) is 0 Å². The van der Waals surface area contributed by atoms with Crippen molar-refractivity contribution in [1.29, 1.82) is 0 Å². The second-order valence-corrected chi connectivity index (χ2v) is 8.47. The molecule has 1 atom stereocenters. The molecule has 0 aromatic heterocycles. The Morgan fingerprint density at radius 1 is 1.21 bits per heavy atom. The molecule has 1 aliphatic heterocycles. The highest BCUT2D eigenvalue weighted by Gasteiger charge is 2.27. The maximum absolute atomic E-state index is 12.9. The Hall–Kier alpha value is -0.950. The Morgan fingerprint density at radius 3 is 2.42 bits per heavy atom. The number of likely N-dealkylation sites (tertiary alicyclic amines) is 1. The molecule has 1 unspecified atom stereocenters. The lowest BCUT2D eigenvalue weighted by atomic mass is 10.0. The molecule has 2 rings (SSSR count). The predicted octanol–water partition coefficient (Wildman–Crippen LogP) is 2.31. The molecule has 1 heterocycles. The molecule has 0 aliphatic carbocycles. The van der Waals surface area contributed by atoms with Crippen LogP contribution in [0.15, 0.2) is 11.0 Å². The van der Waals surface area contributed by atoms with E-state index in [2.05, 4.69) is 9.62 Å². The van der Waals surface area contributed by atoms with Crippen molar-refractivity contribution < 1.29 is 13.2 Å². The average Bonchev–Trinajstić information content (AvgIpc) is 2.96. The first-order valence-corrected chi connectivity index (χ1v) is 10.1. The summed E-state index contributed by atoms with van der Waals surface area (Å²) in [5, 5.41) is 0. The number of methoxy groups -OCH3 is 1. The van der Waals surface area contributed by atoms with Crippen molar-refractivity contribution >= 4 is 10.0 Å². The number of nitrogens with one attached hydrogen (secondary N) is 1. The molecular weight excluding hydrogens is 324 g/mol. The average molecular weight is 355 g/mol. The predicted molar refractivity (Wildman–Crippen MR) is 97.0 cm³/mol. The summed E-state index contributed by atoms with van der Waals surface area (Å²) in [5.41, 5.74) is 3.71. The van der Waals surface area contributed by atoms with Gasteiger partial charge in [0, 0.05) is 26.2 Å². The molecule has 0 amide bonds. The van der Waals surface area contributed by atoms with Crippen molar-refractivity contribution in [3.63, 3.8) is 0 Å². The second-order valence-electron chi connectivity index (χ2n) is 6.77.